The normalized spacial score (nSPS) is 30.8. The number of aryl methyl sites for hydroxylation is 1. The molecule has 118 valence electrons. The fraction of sp³-hybridized carbons (Fsp3) is 0.833. The maximum Gasteiger partial charge on any atom is 0.281 e. The van der Waals surface area contributed by atoms with Crippen molar-refractivity contribution in [3.63, 3.8) is 0 Å². The van der Waals surface area contributed by atoms with Crippen LogP contribution >= 0.6 is 0 Å². The summed E-state index contributed by atoms with van der Waals surface area (Å²) in [5.41, 5.74) is -0.525. The van der Waals surface area contributed by atoms with E-state index in [1.165, 1.54) is 22.7 Å². The van der Waals surface area contributed by atoms with Crippen LogP contribution in [-0.4, -0.2) is 67.1 Å². The van der Waals surface area contributed by atoms with Crippen molar-refractivity contribution in [2.75, 3.05) is 33.8 Å². The van der Waals surface area contributed by atoms with Crippen molar-refractivity contribution in [1.82, 2.24) is 18.8 Å². The molecular formula is C12H20N4O4S. The number of aromatic nitrogens is 2. The first kappa shape index (κ1) is 14.9. The van der Waals surface area contributed by atoms with Gasteiger partial charge in [0.25, 0.3) is 10.2 Å². The van der Waals surface area contributed by atoms with Gasteiger partial charge in [-0.3, -0.25) is 0 Å². The molecule has 0 bridgehead atoms. The van der Waals surface area contributed by atoms with Gasteiger partial charge in [0.05, 0.1) is 11.5 Å². The van der Waals surface area contributed by atoms with Crippen LogP contribution in [0.2, 0.25) is 0 Å². The molecule has 2 aliphatic rings. The van der Waals surface area contributed by atoms with Gasteiger partial charge in [0, 0.05) is 33.8 Å². The molecule has 2 atom stereocenters. The van der Waals surface area contributed by atoms with Gasteiger partial charge in [-0.1, -0.05) is 5.16 Å². The number of fused-ring (bicyclic) bond motifs is 1. The number of hydrogen-bond acceptors (Lipinski definition) is 6. The van der Waals surface area contributed by atoms with Crippen LogP contribution in [0.15, 0.2) is 4.52 Å². The minimum atomic E-state index is -3.46. The van der Waals surface area contributed by atoms with Crippen LogP contribution in [0.4, 0.5) is 0 Å². The van der Waals surface area contributed by atoms with E-state index in [2.05, 4.69) is 10.1 Å². The quantitative estimate of drug-likeness (QED) is 0.775. The van der Waals surface area contributed by atoms with Crippen molar-refractivity contribution in [3.05, 3.63) is 11.7 Å². The molecule has 3 rings (SSSR count). The summed E-state index contributed by atoms with van der Waals surface area (Å²) in [4.78, 5) is 4.34. The Hall–Kier alpha value is -1.03. The molecule has 3 heterocycles. The summed E-state index contributed by atoms with van der Waals surface area (Å²) in [5.74, 6) is 1.04. The Kier molecular flexibility index (Phi) is 3.55. The second-order valence-electron chi connectivity index (χ2n) is 5.82. The largest absolute Gasteiger partial charge is 0.377 e. The van der Waals surface area contributed by atoms with Gasteiger partial charge >= 0.3 is 0 Å². The summed E-state index contributed by atoms with van der Waals surface area (Å²) in [5, 5.41) is 3.85. The molecule has 0 aromatic carbocycles. The molecule has 1 aromatic heterocycles. The zero-order valence-corrected chi connectivity index (χ0v) is 13.3. The van der Waals surface area contributed by atoms with Gasteiger partial charge in [0.15, 0.2) is 5.82 Å². The molecular weight excluding hydrogens is 296 g/mol. The molecule has 0 saturated carbocycles. The standard InChI is InChI=1S/C12H20N4O4S/c1-9-13-11(20-14-9)12-5-7-19-10(12)4-6-16(8-12)21(17,18)15(2)3/h10H,4-8H2,1-3H3/t10-,12-/m0/s1. The van der Waals surface area contributed by atoms with Gasteiger partial charge in [-0.15, -0.1) is 0 Å². The van der Waals surface area contributed by atoms with Crippen molar-refractivity contribution in [2.24, 2.45) is 0 Å². The van der Waals surface area contributed by atoms with Crippen LogP contribution in [0, 0.1) is 6.92 Å². The predicted octanol–water partition coefficient (Wildman–Crippen LogP) is -0.0832. The molecule has 8 nitrogen and oxygen atoms in total. The highest BCUT2D eigenvalue weighted by molar-refractivity contribution is 7.86. The molecule has 9 heteroatoms. The van der Waals surface area contributed by atoms with Gasteiger partial charge in [-0.25, -0.2) is 0 Å². The van der Waals surface area contributed by atoms with E-state index in [0.717, 1.165) is 0 Å². The number of hydrogen-bond donors (Lipinski definition) is 0. The van der Waals surface area contributed by atoms with E-state index < -0.39 is 15.6 Å². The van der Waals surface area contributed by atoms with E-state index in [1.807, 2.05) is 0 Å². The van der Waals surface area contributed by atoms with Crippen LogP contribution in [0.3, 0.4) is 0 Å². The monoisotopic (exact) mass is 316 g/mol. The lowest BCUT2D eigenvalue weighted by atomic mass is 9.77. The van der Waals surface area contributed by atoms with Crippen molar-refractivity contribution in [3.8, 4) is 0 Å². The van der Waals surface area contributed by atoms with E-state index in [9.17, 15) is 8.42 Å². The summed E-state index contributed by atoms with van der Waals surface area (Å²) in [6.07, 6.45) is 1.26. The Morgan fingerprint density at radius 2 is 2.19 bits per heavy atom. The molecule has 2 saturated heterocycles. The summed E-state index contributed by atoms with van der Waals surface area (Å²) in [6, 6.07) is 0. The average Bonchev–Trinajstić information content (AvgIpc) is 3.04. The fourth-order valence-electron chi connectivity index (χ4n) is 3.14. The zero-order valence-electron chi connectivity index (χ0n) is 12.4. The van der Waals surface area contributed by atoms with Crippen LogP contribution in [0.1, 0.15) is 24.6 Å². The van der Waals surface area contributed by atoms with Crippen molar-refractivity contribution < 1.29 is 17.7 Å². The van der Waals surface area contributed by atoms with Crippen LogP contribution in [-0.2, 0) is 20.4 Å². The van der Waals surface area contributed by atoms with Crippen LogP contribution < -0.4 is 0 Å². The first-order chi connectivity index (χ1) is 9.86. The third-order valence-corrected chi connectivity index (χ3v) is 6.21. The summed E-state index contributed by atoms with van der Waals surface area (Å²) >= 11 is 0. The maximum atomic E-state index is 12.4. The van der Waals surface area contributed by atoms with Crippen molar-refractivity contribution in [1.29, 1.82) is 0 Å². The van der Waals surface area contributed by atoms with Crippen molar-refractivity contribution in [2.45, 2.75) is 31.3 Å². The second-order valence-corrected chi connectivity index (χ2v) is 7.97. The minimum Gasteiger partial charge on any atom is -0.377 e. The Bertz CT molecular complexity index is 629. The number of nitrogens with zero attached hydrogens (tertiary/aromatic N) is 4. The lowest BCUT2D eigenvalue weighted by Crippen LogP contribution is -2.56. The van der Waals surface area contributed by atoms with E-state index in [-0.39, 0.29) is 6.10 Å². The second kappa shape index (κ2) is 5.01. The molecule has 0 N–H and O–H groups in total. The van der Waals surface area contributed by atoms with Crippen LogP contribution in [0.5, 0.6) is 0 Å². The topological polar surface area (TPSA) is 88.8 Å². The third-order valence-electron chi connectivity index (χ3n) is 4.32. The smallest absolute Gasteiger partial charge is 0.281 e. The number of rotatable bonds is 3. The molecule has 0 amide bonds. The fourth-order valence-corrected chi connectivity index (χ4v) is 4.33. The number of piperidine rings is 1. The minimum absolute atomic E-state index is 0.0639. The highest BCUT2D eigenvalue weighted by Crippen LogP contribution is 2.43. The lowest BCUT2D eigenvalue weighted by Gasteiger charge is -2.41. The highest BCUT2D eigenvalue weighted by Gasteiger charge is 2.54. The number of ether oxygens (including phenoxy) is 1. The van der Waals surface area contributed by atoms with Gasteiger partial charge in [-0.05, 0) is 19.8 Å². The first-order valence-corrected chi connectivity index (χ1v) is 8.36. The van der Waals surface area contributed by atoms with E-state index >= 15 is 0 Å². The molecule has 0 spiro atoms. The first-order valence-electron chi connectivity index (χ1n) is 6.96. The van der Waals surface area contributed by atoms with E-state index in [4.69, 9.17) is 9.26 Å². The summed E-state index contributed by atoms with van der Waals surface area (Å²) in [6.45, 7) is 3.10. The third kappa shape index (κ3) is 2.28. The molecule has 0 unspecified atom stereocenters. The van der Waals surface area contributed by atoms with Gasteiger partial charge in [-0.2, -0.15) is 22.0 Å². The molecule has 2 aliphatic heterocycles. The van der Waals surface area contributed by atoms with E-state index in [1.54, 1.807) is 6.92 Å². The Labute approximate surface area is 124 Å². The Morgan fingerprint density at radius 3 is 2.81 bits per heavy atom. The molecule has 0 aliphatic carbocycles. The van der Waals surface area contributed by atoms with Gasteiger partial charge in [0.1, 0.15) is 0 Å². The van der Waals surface area contributed by atoms with Crippen molar-refractivity contribution >= 4 is 10.2 Å². The Morgan fingerprint density at radius 1 is 1.43 bits per heavy atom. The molecule has 0 radical (unpaired) electrons. The average molecular weight is 316 g/mol. The van der Waals surface area contributed by atoms with Crippen LogP contribution in [0.25, 0.3) is 0 Å². The predicted molar refractivity (Wildman–Crippen MR) is 73.9 cm³/mol. The highest BCUT2D eigenvalue weighted by atomic mass is 32.2. The maximum absolute atomic E-state index is 12.4. The zero-order chi connectivity index (χ0) is 15.3. The lowest BCUT2D eigenvalue weighted by molar-refractivity contribution is 0.0266. The summed E-state index contributed by atoms with van der Waals surface area (Å²) < 4.78 is 38.6. The molecule has 2 fully saturated rings. The SMILES string of the molecule is Cc1noc([C@]23CCO[C@H]2CCN(S(=O)(=O)N(C)C)C3)n1. The van der Waals surface area contributed by atoms with Gasteiger partial charge < -0.3 is 9.26 Å². The molecule has 1 aromatic rings. The molecule has 21 heavy (non-hydrogen) atoms. The van der Waals surface area contributed by atoms with E-state index in [0.29, 0.717) is 44.3 Å². The van der Waals surface area contributed by atoms with Gasteiger partial charge in [0.2, 0.25) is 5.89 Å². The Balaban J connectivity index is 1.97. The summed E-state index contributed by atoms with van der Waals surface area (Å²) in [7, 11) is -0.381.